The van der Waals surface area contributed by atoms with Crippen LogP contribution < -0.4 is 9.62 Å². The molecular formula is C33H41N3O4S. The van der Waals surface area contributed by atoms with Gasteiger partial charge in [0.05, 0.1) is 10.6 Å². The largest absolute Gasteiger partial charge is 0.352 e. The molecule has 1 fully saturated rings. The smallest absolute Gasteiger partial charge is 0.264 e. The van der Waals surface area contributed by atoms with Gasteiger partial charge in [-0.25, -0.2) is 8.42 Å². The summed E-state index contributed by atoms with van der Waals surface area (Å²) >= 11 is 0. The second-order valence-corrected chi connectivity index (χ2v) is 12.8. The summed E-state index contributed by atoms with van der Waals surface area (Å²) in [5.41, 5.74) is 3.08. The lowest BCUT2D eigenvalue weighted by molar-refractivity contribution is -0.140. The normalized spacial score (nSPS) is 14.7. The van der Waals surface area contributed by atoms with Crippen LogP contribution >= 0.6 is 0 Å². The zero-order valence-corrected chi connectivity index (χ0v) is 25.1. The lowest BCUT2D eigenvalue weighted by Crippen LogP contribution is -2.54. The molecule has 2 amide bonds. The van der Waals surface area contributed by atoms with Gasteiger partial charge in [0, 0.05) is 12.6 Å². The number of anilines is 1. The van der Waals surface area contributed by atoms with Crippen LogP contribution in [-0.4, -0.2) is 43.8 Å². The Morgan fingerprint density at radius 1 is 0.878 bits per heavy atom. The van der Waals surface area contributed by atoms with E-state index in [0.29, 0.717) is 12.1 Å². The molecule has 1 aliphatic rings. The topological polar surface area (TPSA) is 86.8 Å². The van der Waals surface area contributed by atoms with Crippen molar-refractivity contribution in [3.63, 3.8) is 0 Å². The zero-order chi connectivity index (χ0) is 29.4. The number of aryl methyl sites for hydroxylation is 2. The van der Waals surface area contributed by atoms with Crippen molar-refractivity contribution in [2.24, 2.45) is 0 Å². The van der Waals surface area contributed by atoms with Crippen molar-refractivity contribution < 1.29 is 18.0 Å². The van der Waals surface area contributed by atoms with Crippen LogP contribution in [0.1, 0.15) is 62.1 Å². The van der Waals surface area contributed by atoms with Gasteiger partial charge in [0.2, 0.25) is 11.8 Å². The predicted molar refractivity (Wildman–Crippen MR) is 163 cm³/mol. The predicted octanol–water partition coefficient (Wildman–Crippen LogP) is 5.76. The number of amides is 2. The maximum absolute atomic E-state index is 14.2. The van der Waals surface area contributed by atoms with E-state index in [9.17, 15) is 18.0 Å². The van der Waals surface area contributed by atoms with Gasteiger partial charge in [-0.05, 0) is 68.5 Å². The first kappa shape index (κ1) is 30.3. The highest BCUT2D eigenvalue weighted by molar-refractivity contribution is 7.92. The minimum absolute atomic E-state index is 0.102. The molecule has 1 aliphatic carbocycles. The molecule has 41 heavy (non-hydrogen) atoms. The first-order valence-corrected chi connectivity index (χ1v) is 15.9. The van der Waals surface area contributed by atoms with Crippen LogP contribution in [0.2, 0.25) is 0 Å². The van der Waals surface area contributed by atoms with E-state index in [2.05, 4.69) is 5.32 Å². The summed E-state index contributed by atoms with van der Waals surface area (Å²) in [7, 11) is -4.08. The minimum Gasteiger partial charge on any atom is -0.352 e. The van der Waals surface area contributed by atoms with E-state index in [4.69, 9.17) is 0 Å². The number of nitrogens with one attached hydrogen (secondary N) is 1. The Labute approximate surface area is 244 Å². The highest BCUT2D eigenvalue weighted by atomic mass is 32.2. The van der Waals surface area contributed by atoms with Crippen LogP contribution in [0.3, 0.4) is 0 Å². The summed E-state index contributed by atoms with van der Waals surface area (Å²) in [6.07, 6.45) is 5.61. The molecule has 3 aromatic carbocycles. The van der Waals surface area contributed by atoms with E-state index in [-0.39, 0.29) is 23.4 Å². The van der Waals surface area contributed by atoms with E-state index >= 15 is 0 Å². The van der Waals surface area contributed by atoms with Crippen LogP contribution in [0.4, 0.5) is 5.69 Å². The highest BCUT2D eigenvalue weighted by Crippen LogP contribution is 2.26. The van der Waals surface area contributed by atoms with Gasteiger partial charge < -0.3 is 10.2 Å². The van der Waals surface area contributed by atoms with E-state index in [1.807, 2.05) is 57.2 Å². The van der Waals surface area contributed by atoms with Crippen LogP contribution in [0.25, 0.3) is 0 Å². The number of carbonyl (C=O) groups excluding carboxylic acids is 2. The molecule has 0 unspecified atom stereocenters. The number of nitrogens with zero attached hydrogens (tertiary/aromatic N) is 2. The molecule has 0 aliphatic heterocycles. The molecule has 8 heteroatoms. The molecule has 0 heterocycles. The van der Waals surface area contributed by atoms with E-state index in [1.165, 1.54) is 6.42 Å². The van der Waals surface area contributed by atoms with Gasteiger partial charge in [0.15, 0.2) is 0 Å². The van der Waals surface area contributed by atoms with Crippen LogP contribution in [0.15, 0.2) is 83.8 Å². The molecular weight excluding hydrogens is 534 g/mol. The molecule has 0 radical (unpaired) electrons. The molecule has 3 aromatic rings. The van der Waals surface area contributed by atoms with E-state index < -0.39 is 28.5 Å². The Kier molecular flexibility index (Phi) is 10.2. The van der Waals surface area contributed by atoms with E-state index in [1.54, 1.807) is 47.4 Å². The number of rotatable bonds is 11. The highest BCUT2D eigenvalue weighted by Gasteiger charge is 2.34. The minimum atomic E-state index is -4.08. The number of hydrogen-bond donors (Lipinski definition) is 1. The third-order valence-electron chi connectivity index (χ3n) is 7.71. The molecule has 1 N–H and O–H groups in total. The molecule has 0 saturated heterocycles. The molecule has 4 rings (SSSR count). The fraction of sp³-hybridized carbons (Fsp3) is 0.394. The lowest BCUT2D eigenvalue weighted by atomic mass is 9.95. The molecule has 7 nitrogen and oxygen atoms in total. The second-order valence-electron chi connectivity index (χ2n) is 10.9. The Morgan fingerprint density at radius 3 is 2.20 bits per heavy atom. The number of benzene rings is 3. The fourth-order valence-corrected chi connectivity index (χ4v) is 6.80. The van der Waals surface area contributed by atoms with Crippen LogP contribution in [0, 0.1) is 13.8 Å². The van der Waals surface area contributed by atoms with Crippen molar-refractivity contribution in [2.45, 2.75) is 82.8 Å². The Bertz CT molecular complexity index is 1420. The molecule has 0 bridgehead atoms. The van der Waals surface area contributed by atoms with Gasteiger partial charge in [-0.1, -0.05) is 86.3 Å². The van der Waals surface area contributed by atoms with Crippen LogP contribution in [0.5, 0.6) is 0 Å². The van der Waals surface area contributed by atoms with Gasteiger partial charge in [-0.15, -0.1) is 0 Å². The fourth-order valence-electron chi connectivity index (χ4n) is 5.39. The molecule has 1 atom stereocenters. The van der Waals surface area contributed by atoms with Crippen molar-refractivity contribution in [3.05, 3.63) is 95.6 Å². The van der Waals surface area contributed by atoms with Crippen molar-refractivity contribution in [3.8, 4) is 0 Å². The second kappa shape index (κ2) is 13.8. The summed E-state index contributed by atoms with van der Waals surface area (Å²) in [6, 6.07) is 22.6. The van der Waals surface area contributed by atoms with Crippen molar-refractivity contribution in [1.82, 2.24) is 10.2 Å². The summed E-state index contributed by atoms with van der Waals surface area (Å²) in [4.78, 5) is 29.4. The average Bonchev–Trinajstić information content (AvgIpc) is 2.97. The summed E-state index contributed by atoms with van der Waals surface area (Å²) in [6.45, 7) is 5.43. The third kappa shape index (κ3) is 7.76. The monoisotopic (exact) mass is 575 g/mol. The Morgan fingerprint density at radius 2 is 1.56 bits per heavy atom. The summed E-state index contributed by atoms with van der Waals surface area (Å²) in [5, 5.41) is 3.18. The van der Waals surface area contributed by atoms with Gasteiger partial charge in [0.25, 0.3) is 10.0 Å². The molecule has 218 valence electrons. The third-order valence-corrected chi connectivity index (χ3v) is 9.50. The van der Waals surface area contributed by atoms with Crippen molar-refractivity contribution in [1.29, 1.82) is 0 Å². The maximum atomic E-state index is 14.2. The average molecular weight is 576 g/mol. The van der Waals surface area contributed by atoms with Crippen molar-refractivity contribution >= 4 is 27.5 Å². The quantitative estimate of drug-likeness (QED) is 0.315. The first-order chi connectivity index (χ1) is 19.7. The van der Waals surface area contributed by atoms with Gasteiger partial charge >= 0.3 is 0 Å². The maximum Gasteiger partial charge on any atom is 0.264 e. The zero-order valence-electron chi connectivity index (χ0n) is 24.3. The van der Waals surface area contributed by atoms with Crippen LogP contribution in [-0.2, 0) is 26.2 Å². The summed E-state index contributed by atoms with van der Waals surface area (Å²) in [5.74, 6) is -0.621. The standard InChI is InChI=1S/C33H41N3O4S/c1-4-31(33(38)34-28-15-9-6-10-16-28)35(23-27-13-7-5-8-14-27)32(37)24-36(29-17-11-12-26(3)22-29)41(39,40)30-20-18-25(2)19-21-30/h5,7-8,11-14,17-22,28,31H,4,6,9-10,15-16,23-24H2,1-3H3,(H,34,38)/t31-/m0/s1. The first-order valence-electron chi connectivity index (χ1n) is 14.5. The van der Waals surface area contributed by atoms with E-state index in [0.717, 1.165) is 46.7 Å². The molecule has 0 spiro atoms. The Hall–Kier alpha value is -3.65. The van der Waals surface area contributed by atoms with Gasteiger partial charge in [-0.3, -0.25) is 13.9 Å². The number of sulfonamides is 1. The number of carbonyl (C=O) groups is 2. The Balaban J connectivity index is 1.69. The lowest BCUT2D eigenvalue weighted by Gasteiger charge is -2.34. The molecule has 1 saturated carbocycles. The SMILES string of the molecule is CC[C@@H](C(=O)NC1CCCCC1)N(Cc1ccccc1)C(=O)CN(c1cccc(C)c1)S(=O)(=O)c1ccc(C)cc1. The number of hydrogen-bond acceptors (Lipinski definition) is 4. The van der Waals surface area contributed by atoms with Crippen molar-refractivity contribution in [2.75, 3.05) is 10.8 Å². The molecule has 0 aromatic heterocycles. The van der Waals surface area contributed by atoms with Gasteiger partial charge in [-0.2, -0.15) is 0 Å². The van der Waals surface area contributed by atoms with Gasteiger partial charge in [0.1, 0.15) is 12.6 Å². The summed E-state index contributed by atoms with van der Waals surface area (Å²) < 4.78 is 29.1.